The fourth-order valence-corrected chi connectivity index (χ4v) is 2.66. The molecule has 2 heterocycles. The molecule has 0 aliphatic carbocycles. The van der Waals surface area contributed by atoms with Gasteiger partial charge >= 0.3 is 0 Å². The second-order valence-electron chi connectivity index (χ2n) is 5.34. The molecule has 0 radical (unpaired) electrons. The van der Waals surface area contributed by atoms with Gasteiger partial charge in [0.15, 0.2) is 0 Å². The average Bonchev–Trinajstić information content (AvgIpc) is 2.78. The van der Waals surface area contributed by atoms with E-state index < -0.39 is 0 Å². The molecule has 0 atom stereocenters. The Bertz CT molecular complexity index is 784. The van der Waals surface area contributed by atoms with Crippen molar-refractivity contribution in [2.45, 2.75) is 27.3 Å². The van der Waals surface area contributed by atoms with Crippen LogP contribution in [0, 0.1) is 20.8 Å². The lowest BCUT2D eigenvalue weighted by atomic mass is 9.99. The summed E-state index contributed by atoms with van der Waals surface area (Å²) in [4.78, 5) is 4.37. The number of aromatic nitrogens is 2. The van der Waals surface area contributed by atoms with E-state index in [0.29, 0.717) is 6.54 Å². The van der Waals surface area contributed by atoms with Crippen molar-refractivity contribution in [3.8, 4) is 11.1 Å². The highest BCUT2D eigenvalue weighted by Crippen LogP contribution is 2.30. The number of nitrogens with two attached hydrogens (primary N) is 1. The first-order chi connectivity index (χ1) is 9.60. The van der Waals surface area contributed by atoms with Gasteiger partial charge in [-0.25, -0.2) is 4.98 Å². The maximum Gasteiger partial charge on any atom is 0.0996 e. The van der Waals surface area contributed by atoms with Crippen molar-refractivity contribution in [1.29, 1.82) is 0 Å². The van der Waals surface area contributed by atoms with Gasteiger partial charge in [0.25, 0.3) is 0 Å². The van der Waals surface area contributed by atoms with E-state index in [0.717, 1.165) is 11.2 Å². The maximum absolute atomic E-state index is 5.67. The summed E-state index contributed by atoms with van der Waals surface area (Å²) in [5.41, 5.74) is 14.1. The van der Waals surface area contributed by atoms with Crippen molar-refractivity contribution in [3.05, 3.63) is 59.2 Å². The van der Waals surface area contributed by atoms with E-state index in [2.05, 4.69) is 60.5 Å². The third kappa shape index (κ3) is 2.00. The molecule has 0 bridgehead atoms. The Kier molecular flexibility index (Phi) is 3.07. The summed E-state index contributed by atoms with van der Waals surface area (Å²) in [6.45, 7) is 6.88. The predicted octanol–water partition coefficient (Wildman–Crippen LogP) is 3.39. The van der Waals surface area contributed by atoms with Crippen molar-refractivity contribution in [3.63, 3.8) is 0 Å². The molecule has 3 nitrogen and oxygen atoms in total. The van der Waals surface area contributed by atoms with Gasteiger partial charge in [-0.05, 0) is 44.0 Å². The summed E-state index contributed by atoms with van der Waals surface area (Å²) in [6, 6.07) is 10.8. The molecule has 3 rings (SSSR count). The van der Waals surface area contributed by atoms with E-state index in [1.54, 1.807) is 0 Å². The zero-order chi connectivity index (χ0) is 14.3. The van der Waals surface area contributed by atoms with Crippen molar-refractivity contribution in [2.24, 2.45) is 5.73 Å². The van der Waals surface area contributed by atoms with Crippen LogP contribution in [0.15, 0.2) is 36.7 Å². The zero-order valence-electron chi connectivity index (χ0n) is 12.1. The van der Waals surface area contributed by atoms with Crippen LogP contribution in [-0.4, -0.2) is 9.38 Å². The van der Waals surface area contributed by atoms with Crippen LogP contribution in [0.4, 0.5) is 0 Å². The Morgan fingerprint density at radius 2 is 1.85 bits per heavy atom. The summed E-state index contributed by atoms with van der Waals surface area (Å²) in [7, 11) is 0. The molecule has 0 saturated carbocycles. The van der Waals surface area contributed by atoms with E-state index in [9.17, 15) is 0 Å². The minimum absolute atomic E-state index is 0.472. The first-order valence-corrected chi connectivity index (χ1v) is 6.84. The molecule has 0 aliphatic rings. The number of rotatable bonds is 2. The topological polar surface area (TPSA) is 43.3 Å². The molecule has 20 heavy (non-hydrogen) atoms. The Labute approximate surface area is 119 Å². The van der Waals surface area contributed by atoms with Crippen LogP contribution in [-0.2, 0) is 6.54 Å². The van der Waals surface area contributed by atoms with Crippen LogP contribution < -0.4 is 5.73 Å². The van der Waals surface area contributed by atoms with E-state index in [-0.39, 0.29) is 0 Å². The molecule has 0 saturated heterocycles. The molecule has 3 heteroatoms. The number of hydrogen-bond donors (Lipinski definition) is 1. The van der Waals surface area contributed by atoms with Gasteiger partial charge in [-0.15, -0.1) is 0 Å². The SMILES string of the molecule is Cc1ccc(C)c(-c2cc3cc(CN)ncn3c2C)c1. The van der Waals surface area contributed by atoms with Crippen LogP contribution >= 0.6 is 0 Å². The Hall–Kier alpha value is -2.13. The lowest BCUT2D eigenvalue weighted by molar-refractivity contribution is 0.941. The standard InChI is InChI=1S/C17H19N3/c1-11-4-5-12(2)16(6-11)17-8-15-7-14(9-18)19-10-20(15)13(17)3/h4-8,10H,9,18H2,1-3H3. The summed E-state index contributed by atoms with van der Waals surface area (Å²) in [6.07, 6.45) is 1.86. The van der Waals surface area contributed by atoms with Crippen LogP contribution in [0.2, 0.25) is 0 Å². The minimum Gasteiger partial charge on any atom is -0.325 e. The third-order valence-corrected chi connectivity index (χ3v) is 3.87. The average molecular weight is 265 g/mol. The highest BCUT2D eigenvalue weighted by molar-refractivity contribution is 5.76. The molecule has 0 amide bonds. The number of nitrogens with zero attached hydrogens (tertiary/aromatic N) is 2. The predicted molar refractivity (Wildman–Crippen MR) is 82.7 cm³/mol. The van der Waals surface area contributed by atoms with Gasteiger partial charge in [0, 0.05) is 23.3 Å². The van der Waals surface area contributed by atoms with Gasteiger partial charge in [0.2, 0.25) is 0 Å². The quantitative estimate of drug-likeness (QED) is 0.772. The maximum atomic E-state index is 5.67. The van der Waals surface area contributed by atoms with Crippen molar-refractivity contribution in [2.75, 3.05) is 0 Å². The summed E-state index contributed by atoms with van der Waals surface area (Å²) >= 11 is 0. The van der Waals surface area contributed by atoms with Gasteiger partial charge in [-0.3, -0.25) is 0 Å². The molecule has 0 aliphatic heterocycles. The van der Waals surface area contributed by atoms with Crippen molar-refractivity contribution < 1.29 is 0 Å². The van der Waals surface area contributed by atoms with Gasteiger partial charge in [-0.1, -0.05) is 23.8 Å². The van der Waals surface area contributed by atoms with E-state index in [4.69, 9.17) is 5.73 Å². The molecule has 2 N–H and O–H groups in total. The van der Waals surface area contributed by atoms with Crippen LogP contribution in [0.1, 0.15) is 22.5 Å². The lowest BCUT2D eigenvalue weighted by Gasteiger charge is -2.07. The highest BCUT2D eigenvalue weighted by Gasteiger charge is 2.11. The minimum atomic E-state index is 0.472. The van der Waals surface area contributed by atoms with Gasteiger partial charge in [-0.2, -0.15) is 0 Å². The molecule has 2 aromatic heterocycles. The third-order valence-electron chi connectivity index (χ3n) is 3.87. The largest absolute Gasteiger partial charge is 0.325 e. The van der Waals surface area contributed by atoms with Gasteiger partial charge < -0.3 is 10.1 Å². The van der Waals surface area contributed by atoms with Gasteiger partial charge in [0.1, 0.15) is 0 Å². The smallest absolute Gasteiger partial charge is 0.0996 e. The summed E-state index contributed by atoms with van der Waals surface area (Å²) < 4.78 is 2.12. The number of hydrogen-bond acceptors (Lipinski definition) is 2. The van der Waals surface area contributed by atoms with Crippen LogP contribution in [0.25, 0.3) is 16.6 Å². The zero-order valence-corrected chi connectivity index (χ0v) is 12.1. The monoisotopic (exact) mass is 265 g/mol. The number of fused-ring (bicyclic) bond motifs is 1. The fraction of sp³-hybridized carbons (Fsp3) is 0.235. The second-order valence-corrected chi connectivity index (χ2v) is 5.34. The summed E-state index contributed by atoms with van der Waals surface area (Å²) in [5.74, 6) is 0. The Morgan fingerprint density at radius 1 is 1.05 bits per heavy atom. The molecular formula is C17H19N3. The molecule has 3 aromatic rings. The number of aryl methyl sites for hydroxylation is 3. The first kappa shape index (κ1) is 12.9. The van der Waals surface area contributed by atoms with E-state index >= 15 is 0 Å². The normalized spacial score (nSPS) is 11.2. The Morgan fingerprint density at radius 3 is 2.60 bits per heavy atom. The molecule has 102 valence electrons. The molecular weight excluding hydrogens is 246 g/mol. The molecule has 0 fully saturated rings. The lowest BCUT2D eigenvalue weighted by Crippen LogP contribution is -2.01. The summed E-state index contributed by atoms with van der Waals surface area (Å²) in [5, 5.41) is 0. The van der Waals surface area contributed by atoms with Crippen molar-refractivity contribution in [1.82, 2.24) is 9.38 Å². The first-order valence-electron chi connectivity index (χ1n) is 6.84. The van der Waals surface area contributed by atoms with Crippen molar-refractivity contribution >= 4 is 5.52 Å². The van der Waals surface area contributed by atoms with E-state index in [1.165, 1.54) is 27.9 Å². The molecule has 0 spiro atoms. The Balaban J connectivity index is 2.26. The highest BCUT2D eigenvalue weighted by atomic mass is 15.0. The molecule has 1 aromatic carbocycles. The van der Waals surface area contributed by atoms with Gasteiger partial charge in [0.05, 0.1) is 12.0 Å². The number of benzene rings is 1. The fourth-order valence-electron chi connectivity index (χ4n) is 2.66. The van der Waals surface area contributed by atoms with Crippen LogP contribution in [0.5, 0.6) is 0 Å². The molecule has 0 unspecified atom stereocenters. The van der Waals surface area contributed by atoms with E-state index in [1.807, 2.05) is 6.33 Å². The second kappa shape index (κ2) is 4.76. The van der Waals surface area contributed by atoms with Crippen LogP contribution in [0.3, 0.4) is 0 Å².